The van der Waals surface area contributed by atoms with Gasteiger partial charge in [-0.15, -0.1) is 0 Å². The minimum Gasteiger partial charge on any atom is -0.480 e. The lowest BCUT2D eigenvalue weighted by Crippen LogP contribution is -2.50. The highest BCUT2D eigenvalue weighted by atomic mass is 16.5. The van der Waals surface area contributed by atoms with Gasteiger partial charge >= 0.3 is 5.97 Å². The third-order valence-electron chi connectivity index (χ3n) is 3.60. The topological polar surface area (TPSA) is 178 Å². The number of carboxylic acids is 1. The molecule has 1 unspecified atom stereocenters. The number of aliphatic carboxylic acids is 1. The third-order valence-corrected chi connectivity index (χ3v) is 3.60. The maximum atomic E-state index is 11.9. The predicted octanol–water partition coefficient (Wildman–Crippen LogP) is -0.495. The van der Waals surface area contributed by atoms with Gasteiger partial charge in [-0.25, -0.2) is 0 Å². The number of hydrogen-bond acceptors (Lipinski definition) is 8. The molecule has 3 amide bonds. The fourth-order valence-corrected chi connectivity index (χ4v) is 2.05. The van der Waals surface area contributed by atoms with E-state index < -0.39 is 24.5 Å². The standard InChI is InChI=1S/C16H30N2O7.C4H11N.CH3NO/c1-4-23-7-8-25-10-9-24-6-5-13(19)18-15(12(2)3)16(22)17-11-14(20)21;1-3-4-5-2;2-1-3/h12,15H,4-11H2,1-3H3,(H,17,22)(H,18,19)(H,20,21);5H,3-4H2,1-2H3;1H,(H2,2,3). The first kappa shape index (κ1) is 35.3. The van der Waals surface area contributed by atoms with E-state index in [1.807, 2.05) is 14.0 Å². The number of primary amides is 1. The molecule has 12 nitrogen and oxygen atoms in total. The first-order chi connectivity index (χ1) is 15.7. The van der Waals surface area contributed by atoms with Crippen molar-refractivity contribution in [2.24, 2.45) is 11.7 Å². The number of carbonyl (C=O) groups is 4. The number of ether oxygens (including phenoxy) is 3. The molecule has 0 aliphatic heterocycles. The van der Waals surface area contributed by atoms with Gasteiger partial charge in [-0.2, -0.15) is 0 Å². The molecule has 12 heteroatoms. The Balaban J connectivity index is -0.000000963. The number of rotatable bonds is 17. The van der Waals surface area contributed by atoms with E-state index in [0.717, 1.165) is 6.54 Å². The molecule has 0 aromatic heterocycles. The molecule has 1 atom stereocenters. The number of nitrogens with one attached hydrogen (secondary N) is 3. The molecule has 0 radical (unpaired) electrons. The number of carboxylic acid groups (broad SMARTS) is 1. The molecule has 0 saturated carbocycles. The summed E-state index contributed by atoms with van der Waals surface area (Å²) >= 11 is 0. The second-order valence-corrected chi connectivity index (χ2v) is 6.81. The number of carbonyl (C=O) groups excluding carboxylic acids is 3. The normalized spacial score (nSPS) is 10.7. The second kappa shape index (κ2) is 27.8. The summed E-state index contributed by atoms with van der Waals surface area (Å²) in [5, 5.41) is 16.4. The van der Waals surface area contributed by atoms with E-state index in [1.165, 1.54) is 6.42 Å². The maximum Gasteiger partial charge on any atom is 0.322 e. The molecule has 33 heavy (non-hydrogen) atoms. The van der Waals surface area contributed by atoms with Crippen molar-refractivity contribution < 1.29 is 38.5 Å². The Morgan fingerprint density at radius 1 is 1.00 bits per heavy atom. The van der Waals surface area contributed by atoms with Crippen LogP contribution in [0.25, 0.3) is 0 Å². The summed E-state index contributed by atoms with van der Waals surface area (Å²) < 4.78 is 15.7. The van der Waals surface area contributed by atoms with Crippen molar-refractivity contribution in [1.82, 2.24) is 16.0 Å². The van der Waals surface area contributed by atoms with E-state index in [2.05, 4.69) is 28.6 Å². The fourth-order valence-electron chi connectivity index (χ4n) is 2.05. The van der Waals surface area contributed by atoms with Crippen LogP contribution < -0.4 is 21.7 Å². The zero-order chi connectivity index (χ0) is 25.9. The van der Waals surface area contributed by atoms with Crippen LogP contribution in [-0.4, -0.2) is 95.1 Å². The van der Waals surface area contributed by atoms with Crippen LogP contribution in [0.1, 0.15) is 40.5 Å². The maximum absolute atomic E-state index is 11.9. The van der Waals surface area contributed by atoms with Gasteiger partial charge in [0.25, 0.3) is 0 Å². The van der Waals surface area contributed by atoms with Crippen molar-refractivity contribution in [1.29, 1.82) is 0 Å². The first-order valence-corrected chi connectivity index (χ1v) is 11.0. The van der Waals surface area contributed by atoms with Gasteiger partial charge in [-0.3, -0.25) is 19.2 Å². The molecular weight excluding hydrogens is 436 g/mol. The Morgan fingerprint density at radius 2 is 1.52 bits per heavy atom. The van der Waals surface area contributed by atoms with Gasteiger partial charge in [-0.1, -0.05) is 20.8 Å². The van der Waals surface area contributed by atoms with E-state index in [0.29, 0.717) is 33.0 Å². The average Bonchev–Trinajstić information content (AvgIpc) is 2.76. The Hall–Kier alpha value is -2.28. The summed E-state index contributed by atoms with van der Waals surface area (Å²) in [6.45, 7) is 10.9. The zero-order valence-corrected chi connectivity index (χ0v) is 20.7. The van der Waals surface area contributed by atoms with Crippen LogP contribution in [0.3, 0.4) is 0 Å². The van der Waals surface area contributed by atoms with E-state index in [1.54, 1.807) is 13.8 Å². The average molecular weight is 481 g/mol. The van der Waals surface area contributed by atoms with Gasteiger partial charge in [0.15, 0.2) is 0 Å². The van der Waals surface area contributed by atoms with Crippen LogP contribution >= 0.6 is 0 Å². The summed E-state index contributed by atoms with van der Waals surface area (Å²) in [4.78, 5) is 42.8. The molecule has 0 aromatic rings. The van der Waals surface area contributed by atoms with Crippen molar-refractivity contribution in [2.45, 2.75) is 46.6 Å². The second-order valence-electron chi connectivity index (χ2n) is 6.81. The van der Waals surface area contributed by atoms with Gasteiger partial charge in [0.2, 0.25) is 18.2 Å². The van der Waals surface area contributed by atoms with Crippen LogP contribution in [0.2, 0.25) is 0 Å². The van der Waals surface area contributed by atoms with Crippen LogP contribution in [-0.2, 0) is 33.4 Å². The smallest absolute Gasteiger partial charge is 0.322 e. The SMILES string of the molecule is CCCNC.CCOCCOCCOCCC(=O)NC(C(=O)NCC(=O)O)C(C)C.NC=O. The van der Waals surface area contributed by atoms with Crippen molar-refractivity contribution in [3.05, 3.63) is 0 Å². The molecular formula is C21H44N4O8. The molecule has 0 bridgehead atoms. The van der Waals surface area contributed by atoms with Crippen LogP contribution in [0.5, 0.6) is 0 Å². The number of amides is 3. The summed E-state index contributed by atoms with van der Waals surface area (Å²) in [6.07, 6.45) is 1.59. The van der Waals surface area contributed by atoms with E-state index >= 15 is 0 Å². The van der Waals surface area contributed by atoms with Gasteiger partial charge in [0.05, 0.1) is 33.0 Å². The van der Waals surface area contributed by atoms with Gasteiger partial charge in [-0.05, 0) is 32.9 Å². The molecule has 6 N–H and O–H groups in total. The van der Waals surface area contributed by atoms with Crippen molar-refractivity contribution in [3.8, 4) is 0 Å². The Kier molecular flexibility index (Phi) is 29.7. The quantitative estimate of drug-likeness (QED) is 0.136. The van der Waals surface area contributed by atoms with Crippen molar-refractivity contribution in [3.63, 3.8) is 0 Å². The molecule has 196 valence electrons. The molecule has 0 heterocycles. The highest BCUT2D eigenvalue weighted by molar-refractivity contribution is 5.89. The highest BCUT2D eigenvalue weighted by Crippen LogP contribution is 2.02. The number of nitrogens with two attached hydrogens (primary N) is 1. The first-order valence-electron chi connectivity index (χ1n) is 11.0. The molecule has 0 saturated heterocycles. The predicted molar refractivity (Wildman–Crippen MR) is 125 cm³/mol. The van der Waals surface area contributed by atoms with Gasteiger partial charge in [0, 0.05) is 13.0 Å². The monoisotopic (exact) mass is 480 g/mol. The van der Waals surface area contributed by atoms with Crippen LogP contribution in [0, 0.1) is 5.92 Å². The van der Waals surface area contributed by atoms with Gasteiger partial charge < -0.3 is 41.0 Å². The van der Waals surface area contributed by atoms with E-state index in [-0.39, 0.29) is 31.3 Å². The molecule has 0 aromatic carbocycles. The van der Waals surface area contributed by atoms with Crippen LogP contribution in [0.15, 0.2) is 0 Å². The Labute approximate surface area is 197 Å². The van der Waals surface area contributed by atoms with Crippen molar-refractivity contribution in [2.75, 3.05) is 59.8 Å². The molecule has 0 aliphatic carbocycles. The fraction of sp³-hybridized carbons (Fsp3) is 0.810. The lowest BCUT2D eigenvalue weighted by Gasteiger charge is -2.21. The zero-order valence-electron chi connectivity index (χ0n) is 20.7. The lowest BCUT2D eigenvalue weighted by molar-refractivity contribution is -0.138. The van der Waals surface area contributed by atoms with Crippen LogP contribution in [0.4, 0.5) is 0 Å². The largest absolute Gasteiger partial charge is 0.480 e. The minimum absolute atomic E-state index is 0.106. The summed E-state index contributed by atoms with van der Waals surface area (Å²) in [5.74, 6) is -2.16. The minimum atomic E-state index is -1.14. The van der Waals surface area contributed by atoms with E-state index in [9.17, 15) is 14.4 Å². The molecule has 0 aliphatic rings. The van der Waals surface area contributed by atoms with Crippen molar-refractivity contribution >= 4 is 24.2 Å². The molecule has 0 spiro atoms. The lowest BCUT2D eigenvalue weighted by atomic mass is 10.0. The highest BCUT2D eigenvalue weighted by Gasteiger charge is 2.24. The number of hydrogen-bond donors (Lipinski definition) is 5. The summed E-state index contributed by atoms with van der Waals surface area (Å²) in [5.41, 5.74) is 4.17. The summed E-state index contributed by atoms with van der Waals surface area (Å²) in [6, 6.07) is -0.784. The van der Waals surface area contributed by atoms with Gasteiger partial charge in [0.1, 0.15) is 12.6 Å². The molecule has 0 rings (SSSR count). The van der Waals surface area contributed by atoms with E-state index in [4.69, 9.17) is 24.1 Å². The Bertz CT molecular complexity index is 491. The molecule has 0 fully saturated rings. The Morgan fingerprint density at radius 3 is 1.91 bits per heavy atom. The summed E-state index contributed by atoms with van der Waals surface area (Å²) in [7, 11) is 1.96. The third kappa shape index (κ3) is 29.7.